The molecule has 0 bridgehead atoms. The summed E-state index contributed by atoms with van der Waals surface area (Å²) in [7, 11) is 1.64. The lowest BCUT2D eigenvalue weighted by Gasteiger charge is -2.25. The topological polar surface area (TPSA) is 68.8 Å². The number of nitrogens with zero attached hydrogens (tertiary/aromatic N) is 2. The summed E-state index contributed by atoms with van der Waals surface area (Å²) in [4.78, 5) is 18.9. The highest BCUT2D eigenvalue weighted by Gasteiger charge is 2.24. The number of nitrogens with one attached hydrogen (secondary N) is 3. The maximum atomic E-state index is 11.7. The molecule has 6 nitrogen and oxygen atoms in total. The first kappa shape index (κ1) is 21.8. The van der Waals surface area contributed by atoms with Crippen molar-refractivity contribution in [2.45, 2.75) is 38.9 Å². The smallest absolute Gasteiger partial charge is 0.251 e. The molecular formula is C24H33N5O. The SMILES string of the molecule is CCNC(=NCc1ccc(C(=O)NC)cc1)NCC1CCCN1Cc1ccccc1. The molecule has 1 atom stereocenters. The number of hydrogen-bond acceptors (Lipinski definition) is 3. The van der Waals surface area contributed by atoms with E-state index in [0.29, 0.717) is 18.2 Å². The Kier molecular flexibility index (Phi) is 8.27. The first-order valence-corrected chi connectivity index (χ1v) is 10.8. The lowest BCUT2D eigenvalue weighted by molar-refractivity contribution is 0.0963. The van der Waals surface area contributed by atoms with Crippen molar-refractivity contribution in [2.24, 2.45) is 4.99 Å². The van der Waals surface area contributed by atoms with E-state index in [2.05, 4.69) is 58.1 Å². The monoisotopic (exact) mass is 407 g/mol. The average Bonchev–Trinajstić information content (AvgIpc) is 3.23. The van der Waals surface area contributed by atoms with Crippen LogP contribution in [0.4, 0.5) is 0 Å². The third-order valence-electron chi connectivity index (χ3n) is 5.44. The molecule has 1 fully saturated rings. The highest BCUT2D eigenvalue weighted by molar-refractivity contribution is 5.93. The molecule has 2 aromatic rings. The predicted octanol–water partition coefficient (Wildman–Crippen LogP) is 2.77. The number of guanidine groups is 1. The molecule has 2 aromatic carbocycles. The largest absolute Gasteiger partial charge is 0.357 e. The Morgan fingerprint density at radius 3 is 2.53 bits per heavy atom. The summed E-state index contributed by atoms with van der Waals surface area (Å²) >= 11 is 0. The van der Waals surface area contributed by atoms with E-state index in [4.69, 9.17) is 4.99 Å². The summed E-state index contributed by atoms with van der Waals surface area (Å²) in [5.74, 6) is 0.760. The molecule has 3 rings (SSSR count). The van der Waals surface area contributed by atoms with Crippen molar-refractivity contribution in [2.75, 3.05) is 26.7 Å². The summed E-state index contributed by atoms with van der Waals surface area (Å²) in [5.41, 5.74) is 3.10. The number of amides is 1. The normalized spacial score (nSPS) is 17.0. The van der Waals surface area contributed by atoms with Crippen LogP contribution in [0.3, 0.4) is 0 Å². The van der Waals surface area contributed by atoms with E-state index in [0.717, 1.165) is 37.7 Å². The fourth-order valence-corrected chi connectivity index (χ4v) is 3.78. The zero-order valence-corrected chi connectivity index (χ0v) is 18.0. The summed E-state index contributed by atoms with van der Waals surface area (Å²) in [6.07, 6.45) is 2.45. The maximum Gasteiger partial charge on any atom is 0.251 e. The minimum Gasteiger partial charge on any atom is -0.357 e. The highest BCUT2D eigenvalue weighted by Crippen LogP contribution is 2.19. The third kappa shape index (κ3) is 6.32. The number of hydrogen-bond donors (Lipinski definition) is 3. The third-order valence-corrected chi connectivity index (χ3v) is 5.44. The van der Waals surface area contributed by atoms with Crippen molar-refractivity contribution < 1.29 is 4.79 Å². The zero-order chi connectivity index (χ0) is 21.2. The van der Waals surface area contributed by atoms with Crippen LogP contribution in [0.1, 0.15) is 41.3 Å². The van der Waals surface area contributed by atoms with E-state index in [1.54, 1.807) is 7.05 Å². The van der Waals surface area contributed by atoms with Crippen LogP contribution in [0.25, 0.3) is 0 Å². The number of likely N-dealkylation sites (tertiary alicyclic amines) is 1. The Hall–Kier alpha value is -2.86. The van der Waals surface area contributed by atoms with Crippen molar-refractivity contribution in [1.29, 1.82) is 0 Å². The fraction of sp³-hybridized carbons (Fsp3) is 0.417. The number of benzene rings is 2. The van der Waals surface area contributed by atoms with Crippen LogP contribution in [-0.2, 0) is 13.1 Å². The van der Waals surface area contributed by atoms with Gasteiger partial charge in [0.2, 0.25) is 0 Å². The van der Waals surface area contributed by atoms with Crippen LogP contribution in [0.15, 0.2) is 59.6 Å². The van der Waals surface area contributed by atoms with Gasteiger partial charge in [-0.3, -0.25) is 9.69 Å². The van der Waals surface area contributed by atoms with E-state index in [-0.39, 0.29) is 5.91 Å². The molecule has 3 N–H and O–H groups in total. The molecule has 1 amide bonds. The van der Waals surface area contributed by atoms with E-state index in [9.17, 15) is 4.79 Å². The lowest BCUT2D eigenvalue weighted by atomic mass is 10.1. The molecule has 1 heterocycles. The fourth-order valence-electron chi connectivity index (χ4n) is 3.78. The van der Waals surface area contributed by atoms with Crippen molar-refractivity contribution >= 4 is 11.9 Å². The van der Waals surface area contributed by atoms with Crippen molar-refractivity contribution in [1.82, 2.24) is 20.9 Å². The summed E-state index contributed by atoms with van der Waals surface area (Å²) < 4.78 is 0. The zero-order valence-electron chi connectivity index (χ0n) is 18.0. The highest BCUT2D eigenvalue weighted by atomic mass is 16.1. The second kappa shape index (κ2) is 11.4. The summed E-state index contributed by atoms with van der Waals surface area (Å²) in [5, 5.41) is 9.50. The van der Waals surface area contributed by atoms with Crippen LogP contribution < -0.4 is 16.0 Å². The van der Waals surface area contributed by atoms with Crippen LogP contribution in [0.2, 0.25) is 0 Å². The Morgan fingerprint density at radius 2 is 1.83 bits per heavy atom. The quantitative estimate of drug-likeness (QED) is 0.465. The average molecular weight is 408 g/mol. The van der Waals surface area contributed by atoms with Crippen LogP contribution in [-0.4, -0.2) is 49.5 Å². The first-order valence-electron chi connectivity index (χ1n) is 10.8. The molecular weight excluding hydrogens is 374 g/mol. The summed E-state index contributed by atoms with van der Waals surface area (Å²) in [6, 6.07) is 18.8. The van der Waals surface area contributed by atoms with Gasteiger partial charge in [0.25, 0.3) is 5.91 Å². The first-order chi connectivity index (χ1) is 14.7. The molecule has 1 aliphatic rings. The Bertz CT molecular complexity index is 819. The molecule has 1 aliphatic heterocycles. The summed E-state index contributed by atoms with van der Waals surface area (Å²) in [6.45, 7) is 6.49. The van der Waals surface area contributed by atoms with E-state index in [1.165, 1.54) is 18.4 Å². The molecule has 6 heteroatoms. The van der Waals surface area contributed by atoms with E-state index < -0.39 is 0 Å². The van der Waals surface area contributed by atoms with Gasteiger partial charge in [0.05, 0.1) is 6.54 Å². The molecule has 1 unspecified atom stereocenters. The Morgan fingerprint density at radius 1 is 1.07 bits per heavy atom. The van der Waals surface area contributed by atoms with Gasteiger partial charge >= 0.3 is 0 Å². The van der Waals surface area contributed by atoms with Crippen LogP contribution >= 0.6 is 0 Å². The maximum absolute atomic E-state index is 11.7. The minimum atomic E-state index is -0.0725. The minimum absolute atomic E-state index is 0.0725. The molecule has 0 aromatic heterocycles. The van der Waals surface area contributed by atoms with E-state index in [1.807, 2.05) is 24.3 Å². The van der Waals surface area contributed by atoms with Gasteiger partial charge < -0.3 is 16.0 Å². The number of rotatable bonds is 8. The molecule has 160 valence electrons. The second-order valence-electron chi connectivity index (χ2n) is 7.60. The van der Waals surface area contributed by atoms with Gasteiger partial charge in [-0.2, -0.15) is 0 Å². The van der Waals surface area contributed by atoms with Crippen molar-refractivity contribution in [3.8, 4) is 0 Å². The van der Waals surface area contributed by atoms with Crippen molar-refractivity contribution in [3.05, 3.63) is 71.3 Å². The van der Waals surface area contributed by atoms with Gasteiger partial charge in [0, 0.05) is 38.3 Å². The molecule has 30 heavy (non-hydrogen) atoms. The van der Waals surface area contributed by atoms with Gasteiger partial charge in [-0.1, -0.05) is 42.5 Å². The lowest BCUT2D eigenvalue weighted by Crippen LogP contribution is -2.44. The van der Waals surface area contributed by atoms with E-state index >= 15 is 0 Å². The van der Waals surface area contributed by atoms with Gasteiger partial charge in [-0.15, -0.1) is 0 Å². The number of carbonyl (C=O) groups is 1. The van der Waals surface area contributed by atoms with Crippen LogP contribution in [0.5, 0.6) is 0 Å². The molecule has 0 spiro atoms. The second-order valence-corrected chi connectivity index (χ2v) is 7.60. The van der Waals surface area contributed by atoms with Gasteiger partial charge in [-0.25, -0.2) is 4.99 Å². The van der Waals surface area contributed by atoms with Crippen LogP contribution in [0, 0.1) is 0 Å². The predicted molar refractivity (Wildman–Crippen MR) is 123 cm³/mol. The molecule has 0 radical (unpaired) electrons. The Balaban J connectivity index is 1.54. The molecule has 1 saturated heterocycles. The molecule has 0 aliphatic carbocycles. The standard InChI is InChI=1S/C24H33N5O/c1-3-26-24(27-16-19-11-13-21(14-12-19)23(30)25-2)28-17-22-10-7-15-29(22)18-20-8-5-4-6-9-20/h4-6,8-9,11-14,22H,3,7,10,15-18H2,1-2H3,(H,25,30)(H2,26,27,28). The number of carbonyl (C=O) groups excluding carboxylic acids is 1. The Labute approximate surface area is 179 Å². The number of aliphatic imine (C=N–C) groups is 1. The van der Waals surface area contributed by atoms with Gasteiger partial charge in [0.1, 0.15) is 0 Å². The van der Waals surface area contributed by atoms with Gasteiger partial charge in [0.15, 0.2) is 5.96 Å². The van der Waals surface area contributed by atoms with Gasteiger partial charge in [-0.05, 0) is 49.6 Å². The molecule has 0 saturated carbocycles. The van der Waals surface area contributed by atoms with Crippen molar-refractivity contribution in [3.63, 3.8) is 0 Å².